The van der Waals surface area contributed by atoms with E-state index in [1.165, 1.54) is 4.90 Å². The van der Waals surface area contributed by atoms with Crippen molar-refractivity contribution in [2.45, 2.75) is 57.0 Å². The van der Waals surface area contributed by atoms with Crippen molar-refractivity contribution in [2.75, 3.05) is 18.4 Å². The Balaban J connectivity index is 1.32. The fourth-order valence-corrected chi connectivity index (χ4v) is 5.78. The van der Waals surface area contributed by atoms with Gasteiger partial charge in [0.1, 0.15) is 11.6 Å². The van der Waals surface area contributed by atoms with Gasteiger partial charge in [0.05, 0.1) is 23.3 Å². The summed E-state index contributed by atoms with van der Waals surface area (Å²) in [6, 6.07) is 8.74. The SMILES string of the molecule is Cn1cc(C(=O)Nc2cc(F)c(CC(=O)C(F)(OC3CCC(C(=O)O)CC3)N3CCCC3)cc2F)c2ccccc21. The highest BCUT2D eigenvalue weighted by molar-refractivity contribution is 6.13. The summed E-state index contributed by atoms with van der Waals surface area (Å²) in [6.45, 7) is 0.533. The number of ketones is 1. The van der Waals surface area contributed by atoms with Gasteiger partial charge in [-0.3, -0.25) is 14.4 Å². The number of hydrogen-bond acceptors (Lipinski definition) is 5. The second-order valence-corrected chi connectivity index (χ2v) is 10.8. The highest BCUT2D eigenvalue weighted by atomic mass is 19.2. The first-order chi connectivity index (χ1) is 19.6. The number of ether oxygens (including phenoxy) is 1. The number of amides is 1. The van der Waals surface area contributed by atoms with Gasteiger partial charge in [0, 0.05) is 49.7 Å². The van der Waals surface area contributed by atoms with Gasteiger partial charge in [-0.1, -0.05) is 18.2 Å². The summed E-state index contributed by atoms with van der Waals surface area (Å²) in [7, 11) is 1.77. The largest absolute Gasteiger partial charge is 0.481 e. The molecule has 0 spiro atoms. The molecule has 1 saturated carbocycles. The molecule has 2 aromatic carbocycles. The normalized spacial score (nSPS) is 21.1. The van der Waals surface area contributed by atoms with Crippen molar-refractivity contribution in [3.8, 4) is 0 Å². The van der Waals surface area contributed by atoms with Crippen LogP contribution in [0.1, 0.15) is 54.4 Å². The number of carboxylic acid groups (broad SMARTS) is 1. The molecule has 2 fully saturated rings. The number of nitrogens with zero attached hydrogens (tertiary/aromatic N) is 2. The average Bonchev–Trinajstić information content (AvgIpc) is 3.61. The van der Waals surface area contributed by atoms with Crippen LogP contribution in [0.4, 0.5) is 18.9 Å². The van der Waals surface area contributed by atoms with Crippen molar-refractivity contribution < 1.29 is 37.4 Å². The van der Waals surface area contributed by atoms with Crippen LogP contribution in [-0.2, 0) is 27.8 Å². The smallest absolute Gasteiger partial charge is 0.330 e. The maximum atomic E-state index is 16.4. The number of aryl methyl sites for hydroxylation is 1. The van der Waals surface area contributed by atoms with Crippen molar-refractivity contribution in [1.29, 1.82) is 0 Å². The molecular weight excluding hydrogens is 539 g/mol. The van der Waals surface area contributed by atoms with Crippen LogP contribution in [0.3, 0.4) is 0 Å². The third-order valence-corrected chi connectivity index (χ3v) is 8.08. The van der Waals surface area contributed by atoms with Crippen LogP contribution in [-0.4, -0.2) is 57.4 Å². The molecule has 1 amide bonds. The number of carbonyl (C=O) groups excluding carboxylic acids is 2. The van der Waals surface area contributed by atoms with Gasteiger partial charge in [-0.05, 0) is 56.2 Å². The fraction of sp³-hybridized carbons (Fsp3) is 0.433. The molecule has 2 heterocycles. The standard InChI is InChI=1S/C30H32F3N3O5/c1-35-17-22(21-6-2-3-7-26(21)35)28(38)34-25-16-23(31)19(14-24(25)32)15-27(37)30(33,36-12-4-5-13-36)41-20-10-8-18(9-11-20)29(39)40/h2-3,6-7,14,16-18,20H,4-5,8-13,15H2,1H3,(H,34,38)(H,39,40). The summed E-state index contributed by atoms with van der Waals surface area (Å²) < 4.78 is 54.0. The second kappa shape index (κ2) is 11.7. The molecule has 2 N–H and O–H groups in total. The molecule has 218 valence electrons. The number of Topliss-reactive ketones (excluding diaryl/α,β-unsaturated/α-hetero) is 1. The predicted molar refractivity (Wildman–Crippen MR) is 145 cm³/mol. The van der Waals surface area contributed by atoms with Gasteiger partial charge in [-0.25, -0.2) is 13.7 Å². The van der Waals surface area contributed by atoms with Crippen LogP contribution < -0.4 is 5.32 Å². The van der Waals surface area contributed by atoms with Crippen molar-refractivity contribution in [3.05, 3.63) is 65.4 Å². The third-order valence-electron chi connectivity index (χ3n) is 8.08. The minimum atomic E-state index is -2.85. The Kier molecular flexibility index (Phi) is 8.19. The number of nitrogens with one attached hydrogen (secondary N) is 1. The number of likely N-dealkylation sites (tertiary alicyclic amines) is 1. The fourth-order valence-electron chi connectivity index (χ4n) is 5.78. The van der Waals surface area contributed by atoms with Crippen molar-refractivity contribution in [3.63, 3.8) is 0 Å². The van der Waals surface area contributed by atoms with E-state index in [0.717, 1.165) is 17.6 Å². The summed E-state index contributed by atoms with van der Waals surface area (Å²) in [5.74, 6) is -7.94. The van der Waals surface area contributed by atoms with Gasteiger partial charge in [0.25, 0.3) is 5.91 Å². The zero-order chi connectivity index (χ0) is 29.3. The lowest BCUT2D eigenvalue weighted by Gasteiger charge is -2.37. The van der Waals surface area contributed by atoms with E-state index in [4.69, 9.17) is 4.74 Å². The molecule has 1 atom stereocenters. The Morgan fingerprint density at radius 2 is 1.73 bits per heavy atom. The van der Waals surface area contributed by atoms with E-state index in [-0.39, 0.29) is 37.1 Å². The zero-order valence-corrected chi connectivity index (χ0v) is 22.7. The number of fused-ring (bicyclic) bond motifs is 1. The summed E-state index contributed by atoms with van der Waals surface area (Å²) in [5, 5.41) is 12.3. The van der Waals surface area contributed by atoms with E-state index in [0.29, 0.717) is 31.1 Å². The number of benzene rings is 2. The molecule has 1 unspecified atom stereocenters. The lowest BCUT2D eigenvalue weighted by atomic mass is 9.87. The van der Waals surface area contributed by atoms with Gasteiger partial charge in [0.15, 0.2) is 0 Å². The number of carboxylic acids is 1. The molecule has 0 bridgehead atoms. The molecule has 0 radical (unpaired) electrons. The van der Waals surface area contributed by atoms with Crippen molar-refractivity contribution >= 4 is 34.3 Å². The van der Waals surface area contributed by atoms with E-state index in [9.17, 15) is 19.5 Å². The number of aliphatic carboxylic acids is 1. The van der Waals surface area contributed by atoms with Crippen LogP contribution in [0, 0.1) is 17.6 Å². The summed E-state index contributed by atoms with van der Waals surface area (Å²) >= 11 is 0. The minimum absolute atomic E-state index is 0.267. The number of anilines is 1. The Bertz CT molecular complexity index is 1480. The molecule has 1 aromatic heterocycles. The van der Waals surface area contributed by atoms with Gasteiger partial charge in [-0.2, -0.15) is 4.39 Å². The Morgan fingerprint density at radius 1 is 1.05 bits per heavy atom. The first kappa shape index (κ1) is 28.8. The average molecular weight is 572 g/mol. The van der Waals surface area contributed by atoms with E-state index >= 15 is 13.2 Å². The number of hydrogen-bond donors (Lipinski definition) is 2. The predicted octanol–water partition coefficient (Wildman–Crippen LogP) is 5.20. The molecule has 1 aliphatic heterocycles. The van der Waals surface area contributed by atoms with E-state index < -0.39 is 59.4 Å². The first-order valence-electron chi connectivity index (χ1n) is 13.8. The number of carbonyl (C=O) groups is 3. The second-order valence-electron chi connectivity index (χ2n) is 10.8. The van der Waals surface area contributed by atoms with Crippen molar-refractivity contribution in [2.24, 2.45) is 13.0 Å². The third kappa shape index (κ3) is 5.87. The molecule has 2 aliphatic rings. The molecule has 1 aliphatic carbocycles. The Morgan fingerprint density at radius 3 is 2.41 bits per heavy atom. The maximum absolute atomic E-state index is 16.4. The molecule has 8 nitrogen and oxygen atoms in total. The zero-order valence-electron chi connectivity index (χ0n) is 22.7. The molecule has 41 heavy (non-hydrogen) atoms. The molecule has 5 rings (SSSR count). The lowest BCUT2D eigenvalue weighted by molar-refractivity contribution is -0.252. The highest BCUT2D eigenvalue weighted by Crippen LogP contribution is 2.35. The summed E-state index contributed by atoms with van der Waals surface area (Å²) in [5.41, 5.74) is 0.303. The van der Waals surface area contributed by atoms with Crippen LogP contribution >= 0.6 is 0 Å². The molecule has 11 heteroatoms. The van der Waals surface area contributed by atoms with E-state index in [1.807, 2.05) is 12.1 Å². The van der Waals surface area contributed by atoms with Crippen LogP contribution in [0.25, 0.3) is 10.9 Å². The Hall–Kier alpha value is -3.70. The minimum Gasteiger partial charge on any atom is -0.481 e. The number of alkyl halides is 1. The first-order valence-corrected chi connectivity index (χ1v) is 13.8. The van der Waals surface area contributed by atoms with Gasteiger partial charge < -0.3 is 19.7 Å². The van der Waals surface area contributed by atoms with E-state index in [1.54, 1.807) is 29.9 Å². The molecule has 1 saturated heterocycles. The number of para-hydroxylation sites is 1. The maximum Gasteiger partial charge on any atom is 0.330 e. The van der Waals surface area contributed by atoms with Gasteiger partial charge in [-0.15, -0.1) is 0 Å². The van der Waals surface area contributed by atoms with Crippen molar-refractivity contribution in [1.82, 2.24) is 9.47 Å². The quantitative estimate of drug-likeness (QED) is 0.343. The molecule has 3 aromatic rings. The number of halogens is 3. The van der Waals surface area contributed by atoms with Crippen LogP contribution in [0.5, 0.6) is 0 Å². The van der Waals surface area contributed by atoms with Gasteiger partial charge in [0.2, 0.25) is 5.78 Å². The summed E-state index contributed by atoms with van der Waals surface area (Å²) in [4.78, 5) is 38.8. The number of aromatic nitrogens is 1. The Labute approximate surface area is 235 Å². The number of rotatable bonds is 9. The van der Waals surface area contributed by atoms with Gasteiger partial charge >= 0.3 is 11.9 Å². The lowest BCUT2D eigenvalue weighted by Crippen LogP contribution is -2.54. The van der Waals surface area contributed by atoms with Crippen LogP contribution in [0.15, 0.2) is 42.6 Å². The summed E-state index contributed by atoms with van der Waals surface area (Å²) in [6.07, 6.45) is 2.62. The van der Waals surface area contributed by atoms with Crippen LogP contribution in [0.2, 0.25) is 0 Å². The molecular formula is C30H32F3N3O5. The topological polar surface area (TPSA) is 101 Å². The highest BCUT2D eigenvalue weighted by Gasteiger charge is 2.49. The van der Waals surface area contributed by atoms with E-state index in [2.05, 4.69) is 5.32 Å². The monoisotopic (exact) mass is 571 g/mol.